The van der Waals surface area contributed by atoms with E-state index in [0.29, 0.717) is 11.3 Å². The molecule has 1 N–H and O–H groups in total. The van der Waals surface area contributed by atoms with Crippen LogP contribution < -0.4 is 10.2 Å². The predicted molar refractivity (Wildman–Crippen MR) is 85.4 cm³/mol. The van der Waals surface area contributed by atoms with Crippen molar-refractivity contribution in [1.29, 1.82) is 0 Å². The number of halogens is 1. The van der Waals surface area contributed by atoms with E-state index in [9.17, 15) is 4.79 Å². The molecule has 0 fully saturated rings. The molecular weight excluding hydrogens is 336 g/mol. The molecule has 0 radical (unpaired) electrons. The van der Waals surface area contributed by atoms with Crippen LogP contribution in [0.3, 0.4) is 0 Å². The average molecular weight is 353 g/mol. The summed E-state index contributed by atoms with van der Waals surface area (Å²) >= 11 is 3.36. The van der Waals surface area contributed by atoms with Gasteiger partial charge in [-0.25, -0.2) is 10.2 Å². The Morgan fingerprint density at radius 3 is 2.86 bits per heavy atom. The van der Waals surface area contributed by atoms with E-state index in [4.69, 9.17) is 15.9 Å². The van der Waals surface area contributed by atoms with Crippen LogP contribution >= 0.6 is 15.9 Å². The predicted octanol–water partition coefficient (Wildman–Crippen LogP) is 3.32. The summed E-state index contributed by atoms with van der Waals surface area (Å²) in [4.78, 5) is 11.5. The second kappa shape index (κ2) is 7.70. The summed E-state index contributed by atoms with van der Waals surface area (Å²) in [5.41, 5.74) is 2.39. The van der Waals surface area contributed by atoms with Gasteiger partial charge in [0.1, 0.15) is 18.0 Å². The van der Waals surface area contributed by atoms with E-state index in [0.717, 1.165) is 4.47 Å². The van der Waals surface area contributed by atoms with Crippen molar-refractivity contribution < 1.29 is 14.3 Å². The fourth-order valence-electron chi connectivity index (χ4n) is 1.33. The third kappa shape index (κ3) is 6.82. The zero-order valence-electron chi connectivity index (χ0n) is 12.1. The summed E-state index contributed by atoms with van der Waals surface area (Å²) in [5.74, 6) is 2.96. The molecule has 0 saturated carbocycles. The Bertz CT molecular complexity index is 571. The molecular formula is C15H17BrN2O3. The quantitative estimate of drug-likeness (QED) is 0.513. The van der Waals surface area contributed by atoms with E-state index in [1.54, 1.807) is 32.9 Å². The van der Waals surface area contributed by atoms with E-state index in [1.807, 2.05) is 6.07 Å². The maximum Gasteiger partial charge on any atom is 0.428 e. The van der Waals surface area contributed by atoms with Crippen molar-refractivity contribution in [2.75, 3.05) is 6.61 Å². The minimum absolute atomic E-state index is 0.155. The van der Waals surface area contributed by atoms with E-state index < -0.39 is 11.7 Å². The summed E-state index contributed by atoms with van der Waals surface area (Å²) in [5, 5.41) is 3.83. The van der Waals surface area contributed by atoms with Crippen LogP contribution in [0, 0.1) is 12.3 Å². The summed E-state index contributed by atoms with van der Waals surface area (Å²) in [6.07, 6.45) is 6.00. The molecule has 21 heavy (non-hydrogen) atoms. The van der Waals surface area contributed by atoms with Gasteiger partial charge in [-0.2, -0.15) is 5.10 Å². The first-order valence-electron chi connectivity index (χ1n) is 6.19. The van der Waals surface area contributed by atoms with Crippen LogP contribution in [0.5, 0.6) is 5.75 Å². The summed E-state index contributed by atoms with van der Waals surface area (Å²) in [6, 6.07) is 5.38. The Labute approximate surface area is 132 Å². The van der Waals surface area contributed by atoms with Crippen LogP contribution in [-0.2, 0) is 4.74 Å². The minimum atomic E-state index is -0.625. The topological polar surface area (TPSA) is 59.9 Å². The van der Waals surface area contributed by atoms with Gasteiger partial charge in [-0.1, -0.05) is 21.9 Å². The first kappa shape index (κ1) is 17.1. The highest BCUT2D eigenvalue weighted by Gasteiger charge is 2.15. The fourth-order valence-corrected chi connectivity index (χ4v) is 1.71. The number of amides is 1. The third-order valence-electron chi connectivity index (χ3n) is 2.04. The van der Waals surface area contributed by atoms with Crippen molar-refractivity contribution in [3.8, 4) is 18.1 Å². The average Bonchev–Trinajstić information content (AvgIpc) is 2.35. The molecule has 0 aromatic heterocycles. The first-order chi connectivity index (χ1) is 9.81. The molecule has 6 heteroatoms. The van der Waals surface area contributed by atoms with E-state index in [1.165, 1.54) is 6.21 Å². The van der Waals surface area contributed by atoms with Gasteiger partial charge in [-0.05, 0) is 39.0 Å². The molecule has 0 heterocycles. The van der Waals surface area contributed by atoms with Crippen molar-refractivity contribution in [3.63, 3.8) is 0 Å². The molecule has 1 aromatic rings. The zero-order chi connectivity index (χ0) is 15.9. The van der Waals surface area contributed by atoms with E-state index in [2.05, 4.69) is 32.4 Å². The number of hydrazone groups is 1. The number of carbonyl (C=O) groups is 1. The fraction of sp³-hybridized carbons (Fsp3) is 0.333. The van der Waals surface area contributed by atoms with Crippen molar-refractivity contribution in [3.05, 3.63) is 28.2 Å². The van der Waals surface area contributed by atoms with Crippen LogP contribution in [0.2, 0.25) is 0 Å². The zero-order valence-corrected chi connectivity index (χ0v) is 13.7. The van der Waals surface area contributed by atoms with Gasteiger partial charge in [-0.15, -0.1) is 6.42 Å². The largest absolute Gasteiger partial charge is 0.480 e. The van der Waals surface area contributed by atoms with Crippen LogP contribution in [0.15, 0.2) is 27.8 Å². The smallest absolute Gasteiger partial charge is 0.428 e. The highest BCUT2D eigenvalue weighted by Crippen LogP contribution is 2.21. The van der Waals surface area contributed by atoms with E-state index in [-0.39, 0.29) is 6.61 Å². The van der Waals surface area contributed by atoms with Crippen molar-refractivity contribution >= 4 is 28.2 Å². The highest BCUT2D eigenvalue weighted by molar-refractivity contribution is 9.10. The lowest BCUT2D eigenvalue weighted by molar-refractivity contribution is 0.0529. The van der Waals surface area contributed by atoms with Crippen LogP contribution in [0.4, 0.5) is 4.79 Å². The number of terminal acetylenes is 1. The molecule has 1 amide bonds. The van der Waals surface area contributed by atoms with Crippen LogP contribution in [0.25, 0.3) is 0 Å². The second-order valence-electron chi connectivity index (χ2n) is 5.05. The number of hydrogen-bond donors (Lipinski definition) is 1. The van der Waals surface area contributed by atoms with Crippen LogP contribution in [-0.4, -0.2) is 24.5 Å². The Morgan fingerprint density at radius 1 is 1.52 bits per heavy atom. The van der Waals surface area contributed by atoms with Crippen molar-refractivity contribution in [1.82, 2.24) is 5.43 Å². The number of hydrogen-bond acceptors (Lipinski definition) is 4. The molecule has 0 spiro atoms. The SMILES string of the molecule is C#CCOc1ccc(Br)cc1/C=N\NC(=O)OC(C)(C)C. The van der Waals surface area contributed by atoms with Gasteiger partial charge in [0.25, 0.3) is 0 Å². The van der Waals surface area contributed by atoms with Gasteiger partial charge < -0.3 is 9.47 Å². The Hall–Kier alpha value is -2.00. The lowest BCUT2D eigenvalue weighted by atomic mass is 10.2. The van der Waals surface area contributed by atoms with Crippen molar-refractivity contribution in [2.45, 2.75) is 26.4 Å². The number of benzene rings is 1. The molecule has 0 aliphatic rings. The molecule has 0 aliphatic carbocycles. The van der Waals surface area contributed by atoms with Gasteiger partial charge in [0.15, 0.2) is 0 Å². The number of nitrogens with zero attached hydrogens (tertiary/aromatic N) is 1. The standard InChI is InChI=1S/C15H17BrN2O3/c1-5-8-20-13-7-6-12(16)9-11(13)10-17-18-14(19)21-15(2,3)4/h1,6-7,9-10H,8H2,2-4H3,(H,18,19)/b17-10-. The van der Waals surface area contributed by atoms with Gasteiger partial charge in [0, 0.05) is 10.0 Å². The number of rotatable bonds is 4. The molecule has 0 aliphatic heterocycles. The molecule has 0 atom stereocenters. The Morgan fingerprint density at radius 2 is 2.24 bits per heavy atom. The number of nitrogens with one attached hydrogen (secondary N) is 1. The molecule has 0 unspecified atom stereocenters. The lowest BCUT2D eigenvalue weighted by Crippen LogP contribution is -2.29. The number of ether oxygens (including phenoxy) is 2. The maximum atomic E-state index is 11.5. The molecule has 5 nitrogen and oxygen atoms in total. The summed E-state index contributed by atoms with van der Waals surface area (Å²) < 4.78 is 11.3. The van der Waals surface area contributed by atoms with Crippen LogP contribution in [0.1, 0.15) is 26.3 Å². The van der Waals surface area contributed by atoms with Gasteiger partial charge in [-0.3, -0.25) is 0 Å². The molecule has 1 rings (SSSR count). The van der Waals surface area contributed by atoms with Gasteiger partial charge in [0.2, 0.25) is 0 Å². The van der Waals surface area contributed by atoms with Crippen molar-refractivity contribution in [2.24, 2.45) is 5.10 Å². The number of carbonyl (C=O) groups excluding carboxylic acids is 1. The van der Waals surface area contributed by atoms with E-state index >= 15 is 0 Å². The van der Waals surface area contributed by atoms with Gasteiger partial charge >= 0.3 is 6.09 Å². The minimum Gasteiger partial charge on any atom is -0.480 e. The Kier molecular flexibility index (Phi) is 6.25. The first-order valence-corrected chi connectivity index (χ1v) is 6.99. The summed E-state index contributed by atoms with van der Waals surface area (Å²) in [7, 11) is 0. The summed E-state index contributed by atoms with van der Waals surface area (Å²) in [6.45, 7) is 5.48. The highest BCUT2D eigenvalue weighted by atomic mass is 79.9. The Balaban J connectivity index is 2.73. The molecule has 0 bridgehead atoms. The lowest BCUT2D eigenvalue weighted by Gasteiger charge is -2.18. The molecule has 112 valence electrons. The monoisotopic (exact) mass is 352 g/mol. The second-order valence-corrected chi connectivity index (χ2v) is 5.96. The maximum absolute atomic E-state index is 11.5. The normalized spacial score (nSPS) is 11.0. The third-order valence-corrected chi connectivity index (χ3v) is 2.53. The van der Waals surface area contributed by atoms with Gasteiger partial charge in [0.05, 0.1) is 6.21 Å². The molecule has 1 aromatic carbocycles. The molecule has 0 saturated heterocycles.